The highest BCUT2D eigenvalue weighted by Crippen LogP contribution is 2.33. The third-order valence-electron chi connectivity index (χ3n) is 3.60. The first-order valence-corrected chi connectivity index (χ1v) is 7.71. The van der Waals surface area contributed by atoms with Gasteiger partial charge in [-0.15, -0.1) is 0 Å². The molecule has 1 fully saturated rings. The van der Waals surface area contributed by atoms with Gasteiger partial charge in [-0.2, -0.15) is 5.10 Å². The Morgan fingerprint density at radius 1 is 1.36 bits per heavy atom. The van der Waals surface area contributed by atoms with Crippen LogP contribution in [0.25, 0.3) is 11.2 Å². The zero-order valence-corrected chi connectivity index (χ0v) is 12.6. The second kappa shape index (κ2) is 5.09. The molecule has 0 saturated carbocycles. The van der Waals surface area contributed by atoms with Gasteiger partial charge in [0.05, 0.1) is 23.5 Å². The van der Waals surface area contributed by atoms with Gasteiger partial charge in [0, 0.05) is 19.8 Å². The van der Waals surface area contributed by atoms with Crippen molar-refractivity contribution in [2.24, 2.45) is 7.05 Å². The molecule has 9 heteroatoms. The van der Waals surface area contributed by atoms with Crippen LogP contribution in [-0.2, 0) is 11.8 Å². The Kier molecular flexibility index (Phi) is 3.07. The van der Waals surface area contributed by atoms with Crippen molar-refractivity contribution in [3.05, 3.63) is 25.0 Å². The monoisotopic (exact) mass is 315 g/mol. The lowest BCUT2D eigenvalue weighted by atomic mass is 10.4. The van der Waals surface area contributed by atoms with Crippen LogP contribution in [0, 0.1) is 0 Å². The van der Waals surface area contributed by atoms with E-state index in [1.54, 1.807) is 22.1 Å². The van der Waals surface area contributed by atoms with E-state index in [0.717, 1.165) is 22.7 Å². The molecule has 4 heterocycles. The minimum absolute atomic E-state index is 0.0873. The van der Waals surface area contributed by atoms with Crippen molar-refractivity contribution in [3.63, 3.8) is 0 Å². The molecular weight excluding hydrogens is 302 g/mol. The van der Waals surface area contributed by atoms with Gasteiger partial charge < -0.3 is 9.88 Å². The molecule has 3 aromatic heterocycles. The number of aryl methyl sites for hydroxylation is 1. The molecule has 3 aromatic rings. The molecule has 8 nitrogen and oxygen atoms in total. The molecule has 1 amide bonds. The van der Waals surface area contributed by atoms with Crippen molar-refractivity contribution in [2.45, 2.75) is 16.7 Å². The second-order valence-electron chi connectivity index (χ2n) is 5.04. The third kappa shape index (κ3) is 2.13. The highest BCUT2D eigenvalue weighted by molar-refractivity contribution is 8.00. The number of nitrogens with one attached hydrogen (secondary N) is 1. The van der Waals surface area contributed by atoms with E-state index in [1.807, 2.05) is 13.2 Å². The number of H-pyrrole nitrogens is 1. The van der Waals surface area contributed by atoms with E-state index in [-0.39, 0.29) is 11.2 Å². The van der Waals surface area contributed by atoms with Crippen molar-refractivity contribution in [3.8, 4) is 0 Å². The molecule has 1 unspecified atom stereocenters. The maximum absolute atomic E-state index is 12.6. The van der Waals surface area contributed by atoms with E-state index in [9.17, 15) is 4.79 Å². The van der Waals surface area contributed by atoms with Crippen molar-refractivity contribution in [1.29, 1.82) is 0 Å². The Balaban J connectivity index is 1.57. The summed E-state index contributed by atoms with van der Waals surface area (Å²) in [5.41, 5.74) is 2.23. The summed E-state index contributed by atoms with van der Waals surface area (Å²) in [6.07, 6.45) is 7.40. The van der Waals surface area contributed by atoms with Crippen LogP contribution in [0.2, 0.25) is 0 Å². The Bertz CT molecular complexity index is 842. The highest BCUT2D eigenvalue weighted by atomic mass is 32.2. The Labute approximate surface area is 130 Å². The van der Waals surface area contributed by atoms with Crippen molar-refractivity contribution >= 4 is 34.5 Å². The maximum atomic E-state index is 12.6. The first-order valence-electron chi connectivity index (χ1n) is 6.83. The van der Waals surface area contributed by atoms with Gasteiger partial charge in [-0.3, -0.25) is 9.48 Å². The fourth-order valence-electron chi connectivity index (χ4n) is 2.53. The minimum Gasteiger partial charge on any atom is -0.341 e. The van der Waals surface area contributed by atoms with E-state index in [4.69, 9.17) is 0 Å². The minimum atomic E-state index is -0.151. The average Bonchev–Trinajstić information content (AvgIpc) is 3.21. The molecule has 0 aliphatic carbocycles. The van der Waals surface area contributed by atoms with Gasteiger partial charge in [0.15, 0.2) is 5.65 Å². The van der Waals surface area contributed by atoms with Crippen LogP contribution in [0.4, 0.5) is 5.69 Å². The fraction of sp³-hybridized carbons (Fsp3) is 0.308. The summed E-state index contributed by atoms with van der Waals surface area (Å²) >= 11 is 1.46. The number of rotatable bonds is 3. The molecule has 0 spiro atoms. The zero-order chi connectivity index (χ0) is 15.1. The number of amides is 1. The molecule has 1 atom stereocenters. The molecule has 1 aliphatic rings. The van der Waals surface area contributed by atoms with Crippen molar-refractivity contribution in [1.82, 2.24) is 29.7 Å². The molecule has 22 heavy (non-hydrogen) atoms. The van der Waals surface area contributed by atoms with Crippen molar-refractivity contribution < 1.29 is 4.79 Å². The number of aromatic nitrogens is 6. The molecular formula is C13H13N7OS. The summed E-state index contributed by atoms with van der Waals surface area (Å²) in [4.78, 5) is 29.9. The summed E-state index contributed by atoms with van der Waals surface area (Å²) in [5.74, 6) is 0.0873. The van der Waals surface area contributed by atoms with Crippen LogP contribution in [-0.4, -0.2) is 47.4 Å². The molecule has 112 valence electrons. The lowest BCUT2D eigenvalue weighted by molar-refractivity contribution is -0.116. The Morgan fingerprint density at radius 3 is 3.09 bits per heavy atom. The quantitative estimate of drug-likeness (QED) is 0.724. The first kappa shape index (κ1) is 13.3. The predicted octanol–water partition coefficient (Wildman–Crippen LogP) is 0.984. The van der Waals surface area contributed by atoms with Gasteiger partial charge in [0.2, 0.25) is 5.91 Å². The number of hydrogen-bond donors (Lipinski definition) is 1. The number of aromatic amines is 1. The standard InChI is InChI=1S/C13H13N7OS/c1-19-5-8(4-18-19)20-3-2-9(13(20)21)22-12-10-11(15-6-14-10)16-7-17-12/h4-7,9H,2-3H2,1H3,(H,14,15,16,17). The Hall–Kier alpha value is -2.42. The van der Waals surface area contributed by atoms with Crippen LogP contribution >= 0.6 is 11.8 Å². The fourth-order valence-corrected chi connectivity index (χ4v) is 3.63. The SMILES string of the molecule is Cn1cc(N2CCC(Sc3ncnc4nc[nH]c34)C2=O)cn1. The second-order valence-corrected chi connectivity index (χ2v) is 6.23. The maximum Gasteiger partial charge on any atom is 0.240 e. The molecule has 1 aliphatic heterocycles. The van der Waals surface area contributed by atoms with E-state index >= 15 is 0 Å². The van der Waals surface area contributed by atoms with E-state index < -0.39 is 0 Å². The van der Waals surface area contributed by atoms with Crippen LogP contribution in [0.1, 0.15) is 6.42 Å². The van der Waals surface area contributed by atoms with Crippen LogP contribution < -0.4 is 4.90 Å². The number of anilines is 1. The molecule has 0 radical (unpaired) electrons. The van der Waals surface area contributed by atoms with Crippen LogP contribution in [0.15, 0.2) is 30.1 Å². The van der Waals surface area contributed by atoms with Gasteiger partial charge in [-0.05, 0) is 6.42 Å². The highest BCUT2D eigenvalue weighted by Gasteiger charge is 2.34. The van der Waals surface area contributed by atoms with Gasteiger partial charge in [0.1, 0.15) is 16.9 Å². The molecule has 1 N–H and O–H groups in total. The lowest BCUT2D eigenvalue weighted by Crippen LogP contribution is -2.27. The molecule has 4 rings (SSSR count). The van der Waals surface area contributed by atoms with Gasteiger partial charge in [-0.1, -0.05) is 11.8 Å². The molecule has 1 saturated heterocycles. The van der Waals surface area contributed by atoms with Gasteiger partial charge in [-0.25, -0.2) is 15.0 Å². The number of thioether (sulfide) groups is 1. The number of fused-ring (bicyclic) bond motifs is 1. The summed E-state index contributed by atoms with van der Waals surface area (Å²) in [7, 11) is 1.84. The van der Waals surface area contributed by atoms with Crippen molar-refractivity contribution in [2.75, 3.05) is 11.4 Å². The summed E-state index contributed by atoms with van der Waals surface area (Å²) < 4.78 is 1.70. The van der Waals surface area contributed by atoms with Gasteiger partial charge >= 0.3 is 0 Å². The van der Waals surface area contributed by atoms with Crippen LogP contribution in [0.5, 0.6) is 0 Å². The van der Waals surface area contributed by atoms with E-state index in [2.05, 4.69) is 25.0 Å². The summed E-state index contributed by atoms with van der Waals surface area (Å²) in [6, 6.07) is 0. The predicted molar refractivity (Wildman–Crippen MR) is 81.5 cm³/mol. The molecule has 0 aromatic carbocycles. The average molecular weight is 315 g/mol. The topological polar surface area (TPSA) is 92.6 Å². The molecule has 0 bridgehead atoms. The summed E-state index contributed by atoms with van der Waals surface area (Å²) in [5, 5.41) is 4.73. The normalized spacial score (nSPS) is 18.5. The zero-order valence-electron chi connectivity index (χ0n) is 11.8. The first-order chi connectivity index (χ1) is 10.7. The number of nitrogens with zero attached hydrogens (tertiary/aromatic N) is 6. The number of carbonyl (C=O) groups is 1. The lowest BCUT2D eigenvalue weighted by Gasteiger charge is -2.13. The number of carbonyl (C=O) groups excluding carboxylic acids is 1. The number of imidazole rings is 1. The number of hydrogen-bond acceptors (Lipinski definition) is 6. The Morgan fingerprint density at radius 2 is 2.27 bits per heavy atom. The summed E-state index contributed by atoms with van der Waals surface area (Å²) in [6.45, 7) is 0.694. The smallest absolute Gasteiger partial charge is 0.240 e. The van der Waals surface area contributed by atoms with E-state index in [1.165, 1.54) is 18.1 Å². The van der Waals surface area contributed by atoms with Gasteiger partial charge in [0.25, 0.3) is 0 Å². The largest absolute Gasteiger partial charge is 0.341 e. The van der Waals surface area contributed by atoms with Crippen LogP contribution in [0.3, 0.4) is 0 Å². The van der Waals surface area contributed by atoms with E-state index in [0.29, 0.717) is 12.2 Å². The third-order valence-corrected chi connectivity index (χ3v) is 4.86.